The second-order valence-corrected chi connectivity index (χ2v) is 11.6. The molecule has 6 rings (SSSR count). The molecule has 1 unspecified atom stereocenters. The van der Waals surface area contributed by atoms with Crippen molar-refractivity contribution in [2.45, 2.75) is 39.2 Å². The average molecular weight is 631 g/mol. The van der Waals surface area contributed by atoms with E-state index in [1.54, 1.807) is 55.6 Å². The van der Waals surface area contributed by atoms with Crippen LogP contribution in [0.1, 0.15) is 50.3 Å². The van der Waals surface area contributed by atoms with E-state index >= 15 is 0 Å². The lowest BCUT2D eigenvalue weighted by Gasteiger charge is -2.24. The molecule has 0 spiro atoms. The van der Waals surface area contributed by atoms with Gasteiger partial charge in [-0.05, 0) is 67.4 Å². The van der Waals surface area contributed by atoms with E-state index in [0.29, 0.717) is 77.0 Å². The van der Waals surface area contributed by atoms with Crippen LogP contribution in [-0.4, -0.2) is 55.3 Å². The number of unbranched alkanes of at least 4 members (excludes halogenated alkanes) is 2. The Morgan fingerprint density at radius 3 is 2.58 bits per heavy atom. The van der Waals surface area contributed by atoms with E-state index in [4.69, 9.17) is 28.7 Å². The Bertz CT molecular complexity index is 1780. The predicted molar refractivity (Wildman–Crippen MR) is 171 cm³/mol. The lowest BCUT2D eigenvalue weighted by atomic mass is 9.95. The number of ether oxygens (including phenoxy) is 5. The number of nitrogens with zero attached hydrogens (tertiary/aromatic N) is 2. The summed E-state index contributed by atoms with van der Waals surface area (Å²) >= 11 is 1.25. The molecular weight excluding hydrogens is 596 g/mol. The Balaban J connectivity index is 1.49. The first-order chi connectivity index (χ1) is 21.9. The summed E-state index contributed by atoms with van der Waals surface area (Å²) in [6.45, 7) is 5.69. The smallest absolute Gasteiger partial charge is 0.301 e. The fraction of sp³-hybridized carbons (Fsp3) is 0.324. The maximum absolute atomic E-state index is 13.8. The third-order valence-electron chi connectivity index (χ3n) is 7.64. The van der Waals surface area contributed by atoms with E-state index in [1.807, 2.05) is 13.0 Å². The molecular formula is C34H34N2O8S. The highest BCUT2D eigenvalue weighted by Gasteiger charge is 2.48. The molecule has 234 valence electrons. The molecule has 1 amide bonds. The second kappa shape index (κ2) is 13.1. The maximum Gasteiger partial charge on any atom is 0.301 e. The fourth-order valence-corrected chi connectivity index (χ4v) is 6.45. The van der Waals surface area contributed by atoms with Crippen molar-refractivity contribution < 1.29 is 38.4 Å². The lowest BCUT2D eigenvalue weighted by molar-refractivity contribution is -0.132. The number of benzene rings is 3. The summed E-state index contributed by atoms with van der Waals surface area (Å²) < 4.78 is 29.5. The van der Waals surface area contributed by atoms with Gasteiger partial charge in [-0.15, -0.1) is 0 Å². The summed E-state index contributed by atoms with van der Waals surface area (Å²) in [6.07, 6.45) is 3.02. The van der Waals surface area contributed by atoms with Crippen molar-refractivity contribution in [3.8, 4) is 28.7 Å². The van der Waals surface area contributed by atoms with Crippen LogP contribution in [-0.2, 0) is 9.59 Å². The van der Waals surface area contributed by atoms with E-state index in [9.17, 15) is 14.7 Å². The largest absolute Gasteiger partial charge is 0.507 e. The van der Waals surface area contributed by atoms with Crippen LogP contribution in [0.2, 0.25) is 0 Å². The summed E-state index contributed by atoms with van der Waals surface area (Å²) in [5.41, 5.74) is 1.44. The lowest BCUT2D eigenvalue weighted by Crippen LogP contribution is -2.29. The van der Waals surface area contributed by atoms with E-state index in [2.05, 4.69) is 6.92 Å². The van der Waals surface area contributed by atoms with Crippen LogP contribution in [0.4, 0.5) is 5.13 Å². The first-order valence-electron chi connectivity index (χ1n) is 15.0. The van der Waals surface area contributed by atoms with Crippen molar-refractivity contribution in [3.63, 3.8) is 0 Å². The number of aromatic nitrogens is 1. The topological polar surface area (TPSA) is 117 Å². The molecule has 4 aromatic rings. The molecule has 1 aromatic heterocycles. The first kappa shape index (κ1) is 30.3. The Labute approximate surface area is 264 Å². The number of anilines is 1. The molecule has 1 saturated heterocycles. The van der Waals surface area contributed by atoms with Gasteiger partial charge in [-0.1, -0.05) is 37.2 Å². The molecule has 10 nitrogen and oxygen atoms in total. The summed E-state index contributed by atoms with van der Waals surface area (Å²) in [6, 6.07) is 14.6. The van der Waals surface area contributed by atoms with Gasteiger partial charge >= 0.3 is 5.91 Å². The number of Topliss-reactive ketones (excluding diaryl/α,β-unsaturated/α-hetero) is 1. The highest BCUT2D eigenvalue weighted by atomic mass is 32.1. The number of thiazole rings is 1. The quantitative estimate of drug-likeness (QED) is 0.0839. The van der Waals surface area contributed by atoms with Crippen LogP contribution in [0.3, 0.4) is 0 Å². The highest BCUT2D eigenvalue weighted by molar-refractivity contribution is 7.22. The van der Waals surface area contributed by atoms with Gasteiger partial charge in [-0.2, -0.15) is 0 Å². The number of rotatable bonds is 11. The van der Waals surface area contributed by atoms with E-state index in [1.165, 1.54) is 16.2 Å². The molecule has 3 heterocycles. The van der Waals surface area contributed by atoms with Crippen LogP contribution < -0.4 is 28.6 Å². The standard InChI is InChI=1S/C34H34N2O8S/c1-4-6-7-14-42-24-12-8-20(17-26(24)41-5-2)30-29(31(37)21-9-13-25-27(18-21)44-16-15-43-25)32(38)33(39)36(30)34-35-23-11-10-22(40-3)19-28(23)45-34/h8-13,17-19,30,37H,4-7,14-16H2,1-3H3. The number of hydrogen-bond acceptors (Lipinski definition) is 10. The fourth-order valence-electron chi connectivity index (χ4n) is 5.43. The minimum Gasteiger partial charge on any atom is -0.507 e. The van der Waals surface area contributed by atoms with Crippen LogP contribution in [0, 0.1) is 0 Å². The molecule has 11 heteroatoms. The zero-order valence-electron chi connectivity index (χ0n) is 25.3. The van der Waals surface area contributed by atoms with Gasteiger partial charge in [-0.25, -0.2) is 4.98 Å². The monoisotopic (exact) mass is 630 g/mol. The molecule has 45 heavy (non-hydrogen) atoms. The van der Waals surface area contributed by atoms with E-state index < -0.39 is 17.7 Å². The molecule has 0 saturated carbocycles. The number of ketones is 1. The van der Waals surface area contributed by atoms with Gasteiger partial charge in [-0.3, -0.25) is 14.5 Å². The number of carbonyl (C=O) groups is 2. The summed E-state index contributed by atoms with van der Waals surface area (Å²) in [5.74, 6) is 0.697. The number of amides is 1. The number of aliphatic hydroxyl groups is 1. The van der Waals surface area contributed by atoms with Crippen molar-refractivity contribution in [2.75, 3.05) is 38.4 Å². The maximum atomic E-state index is 13.8. The zero-order chi connectivity index (χ0) is 31.5. The van der Waals surface area contributed by atoms with Crippen LogP contribution in [0.5, 0.6) is 28.7 Å². The second-order valence-electron chi connectivity index (χ2n) is 10.6. The minimum atomic E-state index is -1.01. The molecule has 1 fully saturated rings. The van der Waals surface area contributed by atoms with Gasteiger partial charge < -0.3 is 28.8 Å². The van der Waals surface area contributed by atoms with Gasteiger partial charge in [0.25, 0.3) is 5.78 Å². The van der Waals surface area contributed by atoms with Crippen molar-refractivity contribution in [3.05, 3.63) is 71.3 Å². The Morgan fingerprint density at radius 1 is 0.978 bits per heavy atom. The Morgan fingerprint density at radius 2 is 1.80 bits per heavy atom. The molecule has 1 atom stereocenters. The number of fused-ring (bicyclic) bond motifs is 2. The van der Waals surface area contributed by atoms with Gasteiger partial charge in [0.15, 0.2) is 28.1 Å². The number of hydrogen-bond donors (Lipinski definition) is 1. The van der Waals surface area contributed by atoms with E-state index in [0.717, 1.165) is 24.0 Å². The van der Waals surface area contributed by atoms with Gasteiger partial charge in [0.2, 0.25) is 0 Å². The van der Waals surface area contributed by atoms with Crippen LogP contribution >= 0.6 is 11.3 Å². The Kier molecular flexibility index (Phi) is 8.79. The van der Waals surface area contributed by atoms with Crippen molar-refractivity contribution >= 4 is 44.1 Å². The van der Waals surface area contributed by atoms with Crippen molar-refractivity contribution in [2.24, 2.45) is 0 Å². The van der Waals surface area contributed by atoms with Gasteiger partial charge in [0, 0.05) is 5.56 Å². The number of methoxy groups -OCH3 is 1. The van der Waals surface area contributed by atoms with Gasteiger partial charge in [0.1, 0.15) is 24.7 Å². The van der Waals surface area contributed by atoms with Crippen LogP contribution in [0.15, 0.2) is 60.2 Å². The first-order valence-corrected chi connectivity index (χ1v) is 15.8. The number of aliphatic hydroxyl groups excluding tert-OH is 1. The summed E-state index contributed by atoms with van der Waals surface area (Å²) in [5, 5.41) is 12.0. The molecule has 1 N–H and O–H groups in total. The molecule has 2 aliphatic heterocycles. The third-order valence-corrected chi connectivity index (χ3v) is 8.66. The number of carbonyl (C=O) groups excluding carboxylic acids is 2. The Hall–Kier alpha value is -4.77. The van der Waals surface area contributed by atoms with Crippen molar-refractivity contribution in [1.29, 1.82) is 0 Å². The van der Waals surface area contributed by atoms with Crippen molar-refractivity contribution in [1.82, 2.24) is 4.98 Å². The molecule has 0 bridgehead atoms. The van der Waals surface area contributed by atoms with E-state index in [-0.39, 0.29) is 11.3 Å². The molecule has 2 aliphatic rings. The molecule has 0 aliphatic carbocycles. The van der Waals surface area contributed by atoms with Gasteiger partial charge in [0.05, 0.1) is 42.2 Å². The normalized spacial score (nSPS) is 17.1. The summed E-state index contributed by atoms with van der Waals surface area (Å²) in [4.78, 5) is 33.7. The zero-order valence-corrected chi connectivity index (χ0v) is 26.1. The SMILES string of the molecule is CCCCCOc1ccc(C2C(=C(O)c3ccc4c(c3)OCCO4)C(=O)C(=O)N2c2nc3ccc(OC)cc3s2)cc1OCC. The average Bonchev–Trinajstić information content (AvgIpc) is 3.60. The summed E-state index contributed by atoms with van der Waals surface area (Å²) in [7, 11) is 1.58. The molecule has 3 aromatic carbocycles. The minimum absolute atomic E-state index is 0.0763. The highest BCUT2D eigenvalue weighted by Crippen LogP contribution is 2.47. The molecule has 0 radical (unpaired) electrons. The van der Waals surface area contributed by atoms with Crippen LogP contribution in [0.25, 0.3) is 16.0 Å². The third kappa shape index (κ3) is 5.87. The predicted octanol–water partition coefficient (Wildman–Crippen LogP) is 6.67.